The maximum atomic E-state index is 4.11. The molecule has 0 aliphatic carbocycles. The van der Waals surface area contributed by atoms with Crippen LogP contribution in [-0.4, -0.2) is 27.9 Å². The van der Waals surface area contributed by atoms with Gasteiger partial charge in [-0.2, -0.15) is 0 Å². The van der Waals surface area contributed by atoms with Crippen LogP contribution < -0.4 is 5.32 Å². The lowest BCUT2D eigenvalue weighted by atomic mass is 9.99. The highest BCUT2D eigenvalue weighted by Gasteiger charge is 2.18. The smallest absolute Gasteiger partial charge is 0.136 e. The first-order valence-corrected chi connectivity index (χ1v) is 4.42. The molecule has 1 aliphatic heterocycles. The van der Waals surface area contributed by atoms with Crippen LogP contribution in [0, 0.1) is 0 Å². The Balaban J connectivity index is 0.000000845. The topological polar surface area (TPSA) is 42.7 Å². The molecule has 0 aromatic carbocycles. The van der Waals surface area contributed by atoms with Gasteiger partial charge < -0.3 is 9.88 Å². The molecule has 1 aliphatic rings. The molecular weight excluding hydrogens is 188 g/mol. The van der Waals surface area contributed by atoms with Crippen molar-refractivity contribution in [1.29, 1.82) is 0 Å². The zero-order valence-corrected chi connectivity index (χ0v) is 8.55. The predicted molar refractivity (Wildman–Crippen MR) is 53.1 cm³/mol. The lowest BCUT2D eigenvalue weighted by Gasteiger charge is -2.21. The van der Waals surface area contributed by atoms with Crippen molar-refractivity contribution in [2.45, 2.75) is 18.8 Å². The van der Waals surface area contributed by atoms with E-state index in [4.69, 9.17) is 0 Å². The van der Waals surface area contributed by atoms with Gasteiger partial charge in [0.25, 0.3) is 0 Å². The van der Waals surface area contributed by atoms with Gasteiger partial charge >= 0.3 is 0 Å². The van der Waals surface area contributed by atoms with Gasteiger partial charge in [-0.1, -0.05) is 0 Å². The minimum Gasteiger partial charge on any atom is -0.320 e. The molecule has 0 spiro atoms. The monoisotopic (exact) mass is 202 g/mol. The van der Waals surface area contributed by atoms with Crippen molar-refractivity contribution in [3.63, 3.8) is 0 Å². The van der Waals surface area contributed by atoms with Gasteiger partial charge in [0.2, 0.25) is 0 Å². The lowest BCUT2D eigenvalue weighted by Crippen LogP contribution is -2.29. The molecule has 1 atom stereocenters. The van der Waals surface area contributed by atoms with E-state index in [1.807, 2.05) is 11.6 Å². The minimum atomic E-state index is 0. The molecule has 0 bridgehead atoms. The predicted octanol–water partition coefficient (Wildman–Crippen LogP) is 0.704. The molecule has 0 radical (unpaired) electrons. The molecule has 0 amide bonds. The number of rotatable bonds is 1. The third-order valence-corrected chi connectivity index (χ3v) is 2.41. The summed E-state index contributed by atoms with van der Waals surface area (Å²) in [6.45, 7) is 2.20. The van der Waals surface area contributed by atoms with Crippen molar-refractivity contribution in [3.05, 3.63) is 12.2 Å². The van der Waals surface area contributed by atoms with Crippen LogP contribution in [0.4, 0.5) is 0 Å². The maximum Gasteiger partial charge on any atom is 0.136 e. The van der Waals surface area contributed by atoms with Crippen LogP contribution >= 0.6 is 12.4 Å². The normalized spacial score (nSPS) is 22.4. The molecule has 1 saturated heterocycles. The molecule has 13 heavy (non-hydrogen) atoms. The van der Waals surface area contributed by atoms with E-state index in [0.717, 1.165) is 18.9 Å². The van der Waals surface area contributed by atoms with Crippen LogP contribution in [0.15, 0.2) is 6.33 Å². The Morgan fingerprint density at radius 2 is 2.46 bits per heavy atom. The van der Waals surface area contributed by atoms with Gasteiger partial charge in [-0.3, -0.25) is 0 Å². The minimum absolute atomic E-state index is 0. The summed E-state index contributed by atoms with van der Waals surface area (Å²) in [7, 11) is 2.00. The van der Waals surface area contributed by atoms with Crippen molar-refractivity contribution in [2.24, 2.45) is 7.05 Å². The summed E-state index contributed by atoms with van der Waals surface area (Å²) >= 11 is 0. The van der Waals surface area contributed by atoms with Gasteiger partial charge in [0.1, 0.15) is 12.2 Å². The summed E-state index contributed by atoms with van der Waals surface area (Å²) in [6, 6.07) is 0. The highest BCUT2D eigenvalue weighted by Crippen LogP contribution is 2.19. The Bertz CT molecular complexity index is 254. The van der Waals surface area contributed by atoms with E-state index < -0.39 is 0 Å². The third kappa shape index (κ3) is 2.19. The number of nitrogens with zero attached hydrogens (tertiary/aromatic N) is 3. The SMILES string of the molecule is Cl.Cn1cnnc1C1CCCNC1. The first-order chi connectivity index (χ1) is 5.88. The Morgan fingerprint density at radius 3 is 3.00 bits per heavy atom. The van der Waals surface area contributed by atoms with E-state index in [0.29, 0.717) is 5.92 Å². The summed E-state index contributed by atoms with van der Waals surface area (Å²) < 4.78 is 2.01. The fraction of sp³-hybridized carbons (Fsp3) is 0.750. The summed E-state index contributed by atoms with van der Waals surface area (Å²) in [5, 5.41) is 11.4. The van der Waals surface area contributed by atoms with E-state index in [2.05, 4.69) is 15.5 Å². The van der Waals surface area contributed by atoms with Crippen molar-refractivity contribution < 1.29 is 0 Å². The molecule has 1 unspecified atom stereocenters. The number of aromatic nitrogens is 3. The van der Waals surface area contributed by atoms with Crippen molar-refractivity contribution in [2.75, 3.05) is 13.1 Å². The molecule has 1 aromatic rings. The highest BCUT2D eigenvalue weighted by molar-refractivity contribution is 5.85. The maximum absolute atomic E-state index is 4.11. The summed E-state index contributed by atoms with van der Waals surface area (Å²) in [5.41, 5.74) is 0. The molecule has 1 N–H and O–H groups in total. The molecule has 1 aromatic heterocycles. The fourth-order valence-electron chi connectivity index (χ4n) is 1.73. The molecule has 2 rings (SSSR count). The van der Waals surface area contributed by atoms with Gasteiger partial charge in [-0.25, -0.2) is 0 Å². The fourth-order valence-corrected chi connectivity index (χ4v) is 1.73. The average Bonchev–Trinajstić information content (AvgIpc) is 2.53. The standard InChI is InChI=1S/C8H14N4.ClH/c1-12-6-10-11-8(12)7-3-2-4-9-5-7;/h6-7,9H,2-5H2,1H3;1H. The van der Waals surface area contributed by atoms with Crippen LogP contribution in [0.25, 0.3) is 0 Å². The summed E-state index contributed by atoms with van der Waals surface area (Å²) in [4.78, 5) is 0. The zero-order chi connectivity index (χ0) is 8.39. The second-order valence-electron chi connectivity index (χ2n) is 3.34. The van der Waals surface area contributed by atoms with E-state index in [9.17, 15) is 0 Å². The number of halogens is 1. The quantitative estimate of drug-likeness (QED) is 0.729. The van der Waals surface area contributed by atoms with E-state index in [1.165, 1.54) is 12.8 Å². The molecule has 2 heterocycles. The summed E-state index contributed by atoms with van der Waals surface area (Å²) in [6.07, 6.45) is 4.25. The first kappa shape index (κ1) is 10.5. The molecule has 1 fully saturated rings. The molecular formula is C8H15ClN4. The van der Waals surface area contributed by atoms with Gasteiger partial charge in [-0.15, -0.1) is 22.6 Å². The lowest BCUT2D eigenvalue weighted by molar-refractivity contribution is 0.438. The first-order valence-electron chi connectivity index (χ1n) is 4.42. The average molecular weight is 203 g/mol. The Hall–Kier alpha value is -0.610. The van der Waals surface area contributed by atoms with E-state index >= 15 is 0 Å². The third-order valence-electron chi connectivity index (χ3n) is 2.41. The molecule has 4 nitrogen and oxygen atoms in total. The Labute approximate surface area is 84.1 Å². The number of nitrogens with one attached hydrogen (secondary N) is 1. The van der Waals surface area contributed by atoms with Gasteiger partial charge in [0, 0.05) is 19.5 Å². The van der Waals surface area contributed by atoms with Crippen molar-refractivity contribution >= 4 is 12.4 Å². The van der Waals surface area contributed by atoms with Gasteiger partial charge in [-0.05, 0) is 19.4 Å². The highest BCUT2D eigenvalue weighted by atomic mass is 35.5. The second kappa shape index (κ2) is 4.58. The number of piperidine rings is 1. The van der Waals surface area contributed by atoms with E-state index in [-0.39, 0.29) is 12.4 Å². The Kier molecular flexibility index (Phi) is 3.69. The number of hydrogen-bond donors (Lipinski definition) is 1. The number of hydrogen-bond acceptors (Lipinski definition) is 3. The van der Waals surface area contributed by atoms with Gasteiger partial charge in [0.15, 0.2) is 0 Å². The van der Waals surface area contributed by atoms with Crippen molar-refractivity contribution in [1.82, 2.24) is 20.1 Å². The number of aryl methyl sites for hydroxylation is 1. The largest absolute Gasteiger partial charge is 0.320 e. The van der Waals surface area contributed by atoms with Gasteiger partial charge in [0.05, 0.1) is 0 Å². The summed E-state index contributed by atoms with van der Waals surface area (Å²) in [5.74, 6) is 1.67. The van der Waals surface area contributed by atoms with Crippen LogP contribution in [0.3, 0.4) is 0 Å². The zero-order valence-electron chi connectivity index (χ0n) is 7.73. The van der Waals surface area contributed by atoms with Crippen LogP contribution in [0.5, 0.6) is 0 Å². The Morgan fingerprint density at radius 1 is 1.62 bits per heavy atom. The van der Waals surface area contributed by atoms with Crippen LogP contribution in [0.1, 0.15) is 24.6 Å². The van der Waals surface area contributed by atoms with E-state index in [1.54, 1.807) is 6.33 Å². The van der Waals surface area contributed by atoms with Crippen molar-refractivity contribution in [3.8, 4) is 0 Å². The molecule has 74 valence electrons. The second-order valence-corrected chi connectivity index (χ2v) is 3.34. The molecule has 5 heteroatoms. The van der Waals surface area contributed by atoms with Crippen LogP contribution in [0.2, 0.25) is 0 Å². The molecule has 0 saturated carbocycles. The van der Waals surface area contributed by atoms with Crippen LogP contribution in [-0.2, 0) is 7.05 Å².